The van der Waals surface area contributed by atoms with E-state index < -0.39 is 0 Å². The van der Waals surface area contributed by atoms with Crippen molar-refractivity contribution in [2.75, 3.05) is 11.4 Å². The van der Waals surface area contributed by atoms with Crippen LogP contribution in [0.5, 0.6) is 0 Å². The minimum absolute atomic E-state index is 0.172. The Hall–Kier alpha value is -1.53. The first-order valence-electron chi connectivity index (χ1n) is 6.19. The molecule has 2 unspecified atom stereocenters. The Kier molecular flexibility index (Phi) is 4.00. The lowest BCUT2D eigenvalue weighted by molar-refractivity contribution is 0.161. The number of hydrogen-bond donors (Lipinski definition) is 1. The Morgan fingerprint density at radius 1 is 1.29 bits per heavy atom. The van der Waals surface area contributed by atoms with E-state index in [-0.39, 0.29) is 12.1 Å². The summed E-state index contributed by atoms with van der Waals surface area (Å²) in [5.74, 6) is 0. The zero-order valence-corrected chi connectivity index (χ0v) is 9.92. The molecule has 3 heteroatoms. The third-order valence-electron chi connectivity index (χ3n) is 3.40. The van der Waals surface area contributed by atoms with Crippen molar-refractivity contribution in [2.24, 2.45) is 0 Å². The number of aliphatic hydroxyl groups is 1. The first-order chi connectivity index (χ1) is 8.33. The molecule has 17 heavy (non-hydrogen) atoms. The van der Waals surface area contributed by atoms with Gasteiger partial charge >= 0.3 is 0 Å². The predicted molar refractivity (Wildman–Crippen MR) is 67.7 cm³/mol. The summed E-state index contributed by atoms with van der Waals surface area (Å²) in [7, 11) is 0. The standard InChI is InChI=1S/C14H18N2O/c15-10-5-11-16(12-6-2-1-3-7-12)13-8-4-9-14(13)17/h1-3,6-7,13-14,17H,4-5,8-9,11H2. The number of nitriles is 1. The summed E-state index contributed by atoms with van der Waals surface area (Å²) in [5, 5.41) is 18.7. The predicted octanol–water partition coefficient (Wildman–Crippen LogP) is 2.32. The van der Waals surface area contributed by atoms with E-state index in [9.17, 15) is 5.11 Å². The van der Waals surface area contributed by atoms with Crippen LogP contribution in [0, 0.1) is 11.3 Å². The maximum atomic E-state index is 10.00. The Morgan fingerprint density at radius 2 is 2.06 bits per heavy atom. The Balaban J connectivity index is 2.16. The highest BCUT2D eigenvalue weighted by Gasteiger charge is 2.30. The Bertz CT molecular complexity index is 385. The van der Waals surface area contributed by atoms with Gasteiger partial charge in [0.15, 0.2) is 0 Å². The van der Waals surface area contributed by atoms with Crippen LogP contribution in [-0.4, -0.2) is 23.8 Å². The quantitative estimate of drug-likeness (QED) is 0.863. The van der Waals surface area contributed by atoms with Gasteiger partial charge in [0.05, 0.1) is 24.6 Å². The molecule has 0 radical (unpaired) electrons. The lowest BCUT2D eigenvalue weighted by Crippen LogP contribution is -2.41. The van der Waals surface area contributed by atoms with Crippen LogP contribution in [0.4, 0.5) is 5.69 Å². The molecule has 0 bridgehead atoms. The molecule has 0 amide bonds. The van der Waals surface area contributed by atoms with Crippen LogP contribution in [-0.2, 0) is 0 Å². The maximum Gasteiger partial charge on any atom is 0.0743 e. The molecule has 90 valence electrons. The summed E-state index contributed by atoms with van der Waals surface area (Å²) in [4.78, 5) is 2.18. The molecular formula is C14H18N2O. The van der Waals surface area contributed by atoms with E-state index in [1.165, 1.54) is 0 Å². The zero-order valence-electron chi connectivity index (χ0n) is 9.92. The average molecular weight is 230 g/mol. The molecule has 0 aliphatic heterocycles. The van der Waals surface area contributed by atoms with E-state index in [1.54, 1.807) is 0 Å². The molecular weight excluding hydrogens is 212 g/mol. The van der Waals surface area contributed by atoms with E-state index in [4.69, 9.17) is 5.26 Å². The van der Waals surface area contributed by atoms with Crippen LogP contribution in [0.25, 0.3) is 0 Å². The first kappa shape index (κ1) is 11.9. The molecule has 1 saturated carbocycles. The third-order valence-corrected chi connectivity index (χ3v) is 3.40. The first-order valence-corrected chi connectivity index (χ1v) is 6.19. The van der Waals surface area contributed by atoms with Gasteiger partial charge in [0.1, 0.15) is 0 Å². The number of para-hydroxylation sites is 1. The van der Waals surface area contributed by atoms with E-state index in [0.29, 0.717) is 13.0 Å². The summed E-state index contributed by atoms with van der Waals surface area (Å²) in [5.41, 5.74) is 1.11. The average Bonchev–Trinajstić information content (AvgIpc) is 2.78. The summed E-state index contributed by atoms with van der Waals surface area (Å²) in [6.07, 6.45) is 3.20. The second-order valence-corrected chi connectivity index (χ2v) is 4.50. The van der Waals surface area contributed by atoms with Gasteiger partial charge in [-0.2, -0.15) is 5.26 Å². The molecule has 1 aliphatic carbocycles. The minimum atomic E-state index is -0.256. The highest BCUT2D eigenvalue weighted by Crippen LogP contribution is 2.28. The van der Waals surface area contributed by atoms with Crippen LogP contribution in [0.2, 0.25) is 0 Å². The van der Waals surface area contributed by atoms with Gasteiger partial charge in [0.2, 0.25) is 0 Å². The van der Waals surface area contributed by atoms with Crippen LogP contribution in [0.3, 0.4) is 0 Å². The highest BCUT2D eigenvalue weighted by atomic mass is 16.3. The fraction of sp³-hybridized carbons (Fsp3) is 0.500. The van der Waals surface area contributed by atoms with Gasteiger partial charge < -0.3 is 10.0 Å². The second kappa shape index (κ2) is 5.70. The molecule has 3 nitrogen and oxygen atoms in total. The summed E-state index contributed by atoms with van der Waals surface area (Å²) >= 11 is 0. The van der Waals surface area contributed by atoms with Gasteiger partial charge in [-0.1, -0.05) is 18.2 Å². The van der Waals surface area contributed by atoms with Crippen LogP contribution < -0.4 is 4.90 Å². The van der Waals surface area contributed by atoms with E-state index in [1.807, 2.05) is 30.3 Å². The van der Waals surface area contributed by atoms with E-state index in [2.05, 4.69) is 11.0 Å². The molecule has 2 atom stereocenters. The Labute approximate surface area is 102 Å². The third kappa shape index (κ3) is 2.78. The number of aliphatic hydroxyl groups excluding tert-OH is 1. The Morgan fingerprint density at radius 3 is 2.65 bits per heavy atom. The maximum absolute atomic E-state index is 10.00. The summed E-state index contributed by atoms with van der Waals surface area (Å²) in [6, 6.07) is 12.4. The number of anilines is 1. The van der Waals surface area contributed by atoms with E-state index in [0.717, 1.165) is 24.9 Å². The van der Waals surface area contributed by atoms with Gasteiger partial charge in [-0.15, -0.1) is 0 Å². The fourth-order valence-corrected chi connectivity index (χ4v) is 2.56. The lowest BCUT2D eigenvalue weighted by atomic mass is 10.1. The van der Waals surface area contributed by atoms with Crippen molar-refractivity contribution in [3.05, 3.63) is 30.3 Å². The van der Waals surface area contributed by atoms with Gasteiger partial charge in [-0.05, 0) is 31.4 Å². The lowest BCUT2D eigenvalue weighted by Gasteiger charge is -2.32. The van der Waals surface area contributed by atoms with E-state index >= 15 is 0 Å². The highest BCUT2D eigenvalue weighted by molar-refractivity contribution is 5.47. The van der Waals surface area contributed by atoms with Crippen LogP contribution in [0.1, 0.15) is 25.7 Å². The second-order valence-electron chi connectivity index (χ2n) is 4.50. The molecule has 1 aromatic rings. The summed E-state index contributed by atoms with van der Waals surface area (Å²) in [6.45, 7) is 0.697. The molecule has 2 rings (SSSR count). The fourth-order valence-electron chi connectivity index (χ4n) is 2.56. The molecule has 0 aromatic heterocycles. The monoisotopic (exact) mass is 230 g/mol. The van der Waals surface area contributed by atoms with Crippen molar-refractivity contribution in [1.82, 2.24) is 0 Å². The molecule has 1 fully saturated rings. The largest absolute Gasteiger partial charge is 0.391 e. The number of benzene rings is 1. The number of nitrogens with zero attached hydrogens (tertiary/aromatic N) is 2. The van der Waals surface area contributed by atoms with Crippen molar-refractivity contribution in [3.8, 4) is 6.07 Å². The normalized spacial score (nSPS) is 23.3. The molecule has 1 N–H and O–H groups in total. The van der Waals surface area contributed by atoms with Crippen molar-refractivity contribution in [1.29, 1.82) is 5.26 Å². The van der Waals surface area contributed by atoms with Crippen molar-refractivity contribution in [2.45, 2.75) is 37.8 Å². The number of hydrogen-bond acceptors (Lipinski definition) is 3. The zero-order chi connectivity index (χ0) is 12.1. The van der Waals surface area contributed by atoms with Crippen molar-refractivity contribution >= 4 is 5.69 Å². The molecule has 0 spiro atoms. The SMILES string of the molecule is N#CCCN(c1ccccc1)C1CCCC1O. The van der Waals surface area contributed by atoms with Crippen LogP contribution in [0.15, 0.2) is 30.3 Å². The summed E-state index contributed by atoms with van der Waals surface area (Å²) < 4.78 is 0. The van der Waals surface area contributed by atoms with Crippen molar-refractivity contribution < 1.29 is 5.11 Å². The molecule has 0 saturated heterocycles. The molecule has 1 aliphatic rings. The molecule has 0 heterocycles. The van der Waals surface area contributed by atoms with Gasteiger partial charge in [0.25, 0.3) is 0 Å². The van der Waals surface area contributed by atoms with Crippen molar-refractivity contribution in [3.63, 3.8) is 0 Å². The topological polar surface area (TPSA) is 47.3 Å². The minimum Gasteiger partial charge on any atom is -0.391 e. The number of rotatable bonds is 4. The molecule has 1 aromatic carbocycles. The smallest absolute Gasteiger partial charge is 0.0743 e. The van der Waals surface area contributed by atoms with Gasteiger partial charge in [-0.3, -0.25) is 0 Å². The van der Waals surface area contributed by atoms with Crippen LogP contribution >= 0.6 is 0 Å². The van der Waals surface area contributed by atoms with Gasteiger partial charge in [0, 0.05) is 12.2 Å². The van der Waals surface area contributed by atoms with Gasteiger partial charge in [-0.25, -0.2) is 0 Å².